The first-order valence-electron chi connectivity index (χ1n) is 6.45. The summed E-state index contributed by atoms with van der Waals surface area (Å²) in [6.07, 6.45) is 0. The van der Waals surface area contributed by atoms with Crippen LogP contribution in [0, 0.1) is 0 Å². The number of thiophene rings is 1. The lowest BCUT2D eigenvalue weighted by molar-refractivity contribution is 0.788. The molecule has 1 aromatic heterocycles. The second-order valence-corrected chi connectivity index (χ2v) is 5.81. The zero-order valence-electron chi connectivity index (χ0n) is 11.3. The Morgan fingerprint density at radius 2 is 2.11 bits per heavy atom. The van der Waals surface area contributed by atoms with Gasteiger partial charge in [-0.3, -0.25) is 0 Å². The number of rotatable bonds is 6. The van der Waals surface area contributed by atoms with Crippen molar-refractivity contribution in [2.75, 3.05) is 18.5 Å². The number of para-hydroxylation sites is 1. The van der Waals surface area contributed by atoms with E-state index in [1.807, 2.05) is 19.2 Å². The molecule has 0 saturated carbocycles. The largest absolute Gasteiger partial charge is 0.365 e. The van der Waals surface area contributed by atoms with Gasteiger partial charge in [0.25, 0.3) is 0 Å². The monoisotopic (exact) mass is 294 g/mol. The van der Waals surface area contributed by atoms with Crippen molar-refractivity contribution in [1.29, 1.82) is 0 Å². The van der Waals surface area contributed by atoms with Crippen LogP contribution in [0.2, 0.25) is 5.02 Å². The molecular weight excluding hydrogens is 276 g/mol. The number of hydrogen-bond donors (Lipinski definition) is 1. The van der Waals surface area contributed by atoms with Gasteiger partial charge in [-0.1, -0.05) is 29.8 Å². The molecular formula is C15H19ClN2S. The first kappa shape index (κ1) is 14.4. The summed E-state index contributed by atoms with van der Waals surface area (Å²) in [6, 6.07) is 10.4. The highest BCUT2D eigenvalue weighted by Crippen LogP contribution is 2.31. The SMILES string of the molecule is CCN(Cc1cccs1)c1c(Cl)cccc1CNC. The Balaban J connectivity index is 2.31. The van der Waals surface area contributed by atoms with Crippen molar-refractivity contribution in [2.24, 2.45) is 0 Å². The molecule has 102 valence electrons. The summed E-state index contributed by atoms with van der Waals surface area (Å²) in [5.74, 6) is 0. The lowest BCUT2D eigenvalue weighted by Gasteiger charge is -2.26. The van der Waals surface area contributed by atoms with Crippen LogP contribution in [0.5, 0.6) is 0 Å². The molecule has 0 amide bonds. The third-order valence-electron chi connectivity index (χ3n) is 3.06. The zero-order valence-corrected chi connectivity index (χ0v) is 12.9. The highest BCUT2D eigenvalue weighted by molar-refractivity contribution is 7.09. The van der Waals surface area contributed by atoms with Crippen LogP contribution in [-0.4, -0.2) is 13.6 Å². The summed E-state index contributed by atoms with van der Waals surface area (Å²) in [4.78, 5) is 3.69. The zero-order chi connectivity index (χ0) is 13.7. The summed E-state index contributed by atoms with van der Waals surface area (Å²) < 4.78 is 0. The Morgan fingerprint density at radius 1 is 1.26 bits per heavy atom. The van der Waals surface area contributed by atoms with E-state index in [2.05, 4.69) is 40.7 Å². The Morgan fingerprint density at radius 3 is 2.74 bits per heavy atom. The molecule has 0 spiro atoms. The maximum Gasteiger partial charge on any atom is 0.0643 e. The molecule has 2 nitrogen and oxygen atoms in total. The Labute approximate surface area is 124 Å². The third kappa shape index (κ3) is 3.50. The summed E-state index contributed by atoms with van der Waals surface area (Å²) in [6.45, 7) is 4.85. The van der Waals surface area contributed by atoms with Gasteiger partial charge in [0.15, 0.2) is 0 Å². The number of nitrogens with zero attached hydrogens (tertiary/aromatic N) is 1. The summed E-state index contributed by atoms with van der Waals surface area (Å²) in [5, 5.41) is 6.15. The van der Waals surface area contributed by atoms with Gasteiger partial charge in [0.05, 0.1) is 17.3 Å². The molecule has 1 aromatic carbocycles. The van der Waals surface area contributed by atoms with Gasteiger partial charge < -0.3 is 10.2 Å². The van der Waals surface area contributed by atoms with E-state index >= 15 is 0 Å². The van der Waals surface area contributed by atoms with Crippen LogP contribution in [0.1, 0.15) is 17.4 Å². The van der Waals surface area contributed by atoms with E-state index in [-0.39, 0.29) is 0 Å². The molecule has 1 heterocycles. The predicted molar refractivity (Wildman–Crippen MR) is 85.3 cm³/mol. The highest BCUT2D eigenvalue weighted by Gasteiger charge is 2.14. The van der Waals surface area contributed by atoms with Crippen molar-refractivity contribution in [3.63, 3.8) is 0 Å². The van der Waals surface area contributed by atoms with E-state index in [1.54, 1.807) is 11.3 Å². The van der Waals surface area contributed by atoms with Gasteiger partial charge in [0, 0.05) is 18.0 Å². The maximum absolute atomic E-state index is 6.41. The second kappa shape index (κ2) is 6.94. The Hall–Kier alpha value is -1.03. The van der Waals surface area contributed by atoms with Crippen LogP contribution in [0.25, 0.3) is 0 Å². The molecule has 2 rings (SSSR count). The molecule has 0 aliphatic rings. The highest BCUT2D eigenvalue weighted by atomic mass is 35.5. The van der Waals surface area contributed by atoms with E-state index in [0.29, 0.717) is 0 Å². The summed E-state index contributed by atoms with van der Waals surface area (Å²) in [7, 11) is 1.96. The molecule has 2 aromatic rings. The fourth-order valence-electron chi connectivity index (χ4n) is 2.19. The first-order chi connectivity index (χ1) is 9.26. The smallest absolute Gasteiger partial charge is 0.0643 e. The molecule has 0 aliphatic heterocycles. The Bertz CT molecular complexity index is 511. The van der Waals surface area contributed by atoms with E-state index in [4.69, 9.17) is 11.6 Å². The fourth-order valence-corrected chi connectivity index (χ4v) is 3.22. The van der Waals surface area contributed by atoms with Crippen molar-refractivity contribution in [3.05, 3.63) is 51.2 Å². The van der Waals surface area contributed by atoms with Gasteiger partial charge in [-0.15, -0.1) is 11.3 Å². The van der Waals surface area contributed by atoms with Gasteiger partial charge in [-0.2, -0.15) is 0 Å². The molecule has 0 unspecified atom stereocenters. The van der Waals surface area contributed by atoms with Crippen molar-refractivity contribution in [1.82, 2.24) is 5.32 Å². The second-order valence-electron chi connectivity index (χ2n) is 4.37. The van der Waals surface area contributed by atoms with Crippen molar-refractivity contribution < 1.29 is 0 Å². The number of anilines is 1. The van der Waals surface area contributed by atoms with E-state index < -0.39 is 0 Å². The van der Waals surface area contributed by atoms with Crippen molar-refractivity contribution in [2.45, 2.75) is 20.0 Å². The topological polar surface area (TPSA) is 15.3 Å². The minimum absolute atomic E-state index is 0.825. The molecule has 0 atom stereocenters. The Kier molecular flexibility index (Phi) is 5.25. The molecule has 0 bridgehead atoms. The van der Waals surface area contributed by atoms with Crippen molar-refractivity contribution >= 4 is 28.6 Å². The fraction of sp³-hybridized carbons (Fsp3) is 0.333. The van der Waals surface area contributed by atoms with Crippen LogP contribution in [0.4, 0.5) is 5.69 Å². The van der Waals surface area contributed by atoms with E-state index in [0.717, 1.165) is 30.3 Å². The molecule has 0 radical (unpaired) electrons. The predicted octanol–water partition coefficient (Wildman–Crippen LogP) is 4.15. The molecule has 19 heavy (non-hydrogen) atoms. The van der Waals surface area contributed by atoms with Crippen LogP contribution < -0.4 is 10.2 Å². The molecule has 0 fully saturated rings. The number of halogens is 1. The van der Waals surface area contributed by atoms with Crippen LogP contribution >= 0.6 is 22.9 Å². The van der Waals surface area contributed by atoms with Crippen LogP contribution in [-0.2, 0) is 13.1 Å². The van der Waals surface area contributed by atoms with Gasteiger partial charge in [0.2, 0.25) is 0 Å². The third-order valence-corrected chi connectivity index (χ3v) is 4.23. The summed E-state index contributed by atoms with van der Waals surface area (Å²) >= 11 is 8.20. The van der Waals surface area contributed by atoms with Gasteiger partial charge in [-0.05, 0) is 37.0 Å². The lowest BCUT2D eigenvalue weighted by atomic mass is 10.1. The molecule has 1 N–H and O–H groups in total. The molecule has 0 saturated heterocycles. The quantitative estimate of drug-likeness (QED) is 0.861. The lowest BCUT2D eigenvalue weighted by Crippen LogP contribution is -2.24. The van der Waals surface area contributed by atoms with E-state index in [9.17, 15) is 0 Å². The minimum atomic E-state index is 0.825. The maximum atomic E-state index is 6.41. The number of hydrogen-bond acceptors (Lipinski definition) is 3. The average Bonchev–Trinajstić information content (AvgIpc) is 2.90. The summed E-state index contributed by atoms with van der Waals surface area (Å²) in [5.41, 5.74) is 2.39. The van der Waals surface area contributed by atoms with Gasteiger partial charge in [0.1, 0.15) is 0 Å². The molecule has 0 aliphatic carbocycles. The van der Waals surface area contributed by atoms with Crippen LogP contribution in [0.3, 0.4) is 0 Å². The first-order valence-corrected chi connectivity index (χ1v) is 7.71. The average molecular weight is 295 g/mol. The number of benzene rings is 1. The van der Waals surface area contributed by atoms with E-state index in [1.165, 1.54) is 10.4 Å². The van der Waals surface area contributed by atoms with Gasteiger partial charge in [-0.25, -0.2) is 0 Å². The normalized spacial score (nSPS) is 10.7. The van der Waals surface area contributed by atoms with Crippen LogP contribution in [0.15, 0.2) is 35.7 Å². The number of nitrogens with one attached hydrogen (secondary N) is 1. The minimum Gasteiger partial charge on any atom is -0.365 e. The molecule has 4 heteroatoms. The standard InChI is InChI=1S/C15H19ClN2S/c1-3-18(11-13-7-5-9-19-13)15-12(10-17-2)6-4-8-14(15)16/h4-9,17H,3,10-11H2,1-2H3. The van der Waals surface area contributed by atoms with Gasteiger partial charge >= 0.3 is 0 Å². The van der Waals surface area contributed by atoms with Crippen molar-refractivity contribution in [3.8, 4) is 0 Å².